The zero-order valence-corrected chi connectivity index (χ0v) is 16.6. The highest BCUT2D eigenvalue weighted by Crippen LogP contribution is 2.40. The lowest BCUT2D eigenvalue weighted by Gasteiger charge is -2.32. The monoisotopic (exact) mass is 425 g/mol. The van der Waals surface area contributed by atoms with Crippen LogP contribution in [-0.2, 0) is 18.0 Å². The predicted molar refractivity (Wildman–Crippen MR) is 110 cm³/mol. The predicted octanol–water partition coefficient (Wildman–Crippen LogP) is 5.16. The molecule has 0 unspecified atom stereocenters. The molecule has 1 aromatic carbocycles. The maximum Gasteiger partial charge on any atom is 0.421 e. The number of hydrogen-bond donors (Lipinski definition) is 0. The minimum atomic E-state index is -4.61. The van der Waals surface area contributed by atoms with Crippen LogP contribution in [0.5, 0.6) is 5.88 Å². The fourth-order valence-electron chi connectivity index (χ4n) is 4.11. The van der Waals surface area contributed by atoms with E-state index in [0.717, 1.165) is 34.2 Å². The van der Waals surface area contributed by atoms with E-state index in [1.165, 1.54) is 6.20 Å². The third kappa shape index (κ3) is 3.32. The van der Waals surface area contributed by atoms with Gasteiger partial charge in [0.1, 0.15) is 18.0 Å². The summed E-state index contributed by atoms with van der Waals surface area (Å²) in [6, 6.07) is 8.50. The van der Waals surface area contributed by atoms with Crippen molar-refractivity contribution in [3.63, 3.8) is 0 Å². The molecule has 1 saturated carbocycles. The van der Waals surface area contributed by atoms with Crippen LogP contribution in [0, 0.1) is 5.92 Å². The quantitative estimate of drug-likeness (QED) is 0.424. The van der Waals surface area contributed by atoms with E-state index in [2.05, 4.69) is 9.97 Å². The number of fused-ring (bicyclic) bond motifs is 3. The molecule has 0 N–H and O–H groups in total. The summed E-state index contributed by atoms with van der Waals surface area (Å²) in [5.41, 5.74) is 1.95. The van der Waals surface area contributed by atoms with Crippen LogP contribution in [-0.4, -0.2) is 26.9 Å². The molecule has 0 bridgehead atoms. The van der Waals surface area contributed by atoms with Crippen molar-refractivity contribution < 1.29 is 22.7 Å². The van der Waals surface area contributed by atoms with Crippen molar-refractivity contribution in [1.29, 1.82) is 0 Å². The molecule has 0 saturated heterocycles. The van der Waals surface area contributed by atoms with Gasteiger partial charge in [-0.05, 0) is 36.6 Å². The number of rotatable bonds is 4. The Kier molecular flexibility index (Phi) is 4.46. The van der Waals surface area contributed by atoms with Gasteiger partial charge >= 0.3 is 6.18 Å². The average Bonchev–Trinajstić information content (AvgIpc) is 3.02. The number of pyridine rings is 2. The smallest absolute Gasteiger partial charge is 0.421 e. The molecule has 0 atom stereocenters. The van der Waals surface area contributed by atoms with Gasteiger partial charge < -0.3 is 14.1 Å². The summed E-state index contributed by atoms with van der Waals surface area (Å²) in [4.78, 5) is 18.9. The maximum absolute atomic E-state index is 13.7. The summed E-state index contributed by atoms with van der Waals surface area (Å²) in [6.07, 6.45) is 1.49. The second-order valence-electron chi connectivity index (χ2n) is 7.87. The number of aryl methyl sites for hydroxylation is 1. The standard InChI is InChI=1S/C23H18F3N3O2/c1-29-20-4-5-27-11-18(20)17-3-2-14(9-21(17)29)15-8-19(23(24,25)26)22(28-10-15)31-16-6-13(7-16)12-30/h2-5,8-13,16H,6-7H2,1H3. The molecule has 0 amide bonds. The molecule has 31 heavy (non-hydrogen) atoms. The average molecular weight is 425 g/mol. The number of benzene rings is 1. The molecule has 0 spiro atoms. The summed E-state index contributed by atoms with van der Waals surface area (Å²) in [5.74, 6) is -0.594. The summed E-state index contributed by atoms with van der Waals surface area (Å²) in [5, 5.41) is 1.96. The van der Waals surface area contributed by atoms with Crippen LogP contribution in [0.4, 0.5) is 13.2 Å². The van der Waals surface area contributed by atoms with Crippen molar-refractivity contribution in [3.8, 4) is 17.0 Å². The Labute approximate surface area is 175 Å². The van der Waals surface area contributed by atoms with Crippen molar-refractivity contribution in [2.45, 2.75) is 25.1 Å². The molecule has 3 aromatic heterocycles. The van der Waals surface area contributed by atoms with E-state index in [4.69, 9.17) is 4.74 Å². The number of halogens is 3. The number of carbonyl (C=O) groups is 1. The van der Waals surface area contributed by atoms with E-state index >= 15 is 0 Å². The van der Waals surface area contributed by atoms with Crippen LogP contribution in [0.25, 0.3) is 32.9 Å². The lowest BCUT2D eigenvalue weighted by molar-refractivity contribution is -0.140. The first-order valence-electron chi connectivity index (χ1n) is 9.87. The van der Waals surface area contributed by atoms with Gasteiger partial charge in [-0.2, -0.15) is 13.2 Å². The fourth-order valence-corrected chi connectivity index (χ4v) is 4.11. The number of carbonyl (C=O) groups excluding carboxylic acids is 1. The molecular formula is C23H18F3N3O2. The lowest BCUT2D eigenvalue weighted by Crippen LogP contribution is -2.35. The van der Waals surface area contributed by atoms with E-state index in [9.17, 15) is 18.0 Å². The molecule has 5 nitrogen and oxygen atoms in total. The number of aromatic nitrogens is 3. The van der Waals surface area contributed by atoms with Gasteiger partial charge in [0.05, 0.1) is 5.52 Å². The van der Waals surface area contributed by atoms with Crippen molar-refractivity contribution >= 4 is 28.1 Å². The fraction of sp³-hybridized carbons (Fsp3) is 0.261. The Bertz CT molecular complexity index is 1310. The topological polar surface area (TPSA) is 57.0 Å². The normalized spacial score (nSPS) is 18.8. The van der Waals surface area contributed by atoms with Crippen LogP contribution < -0.4 is 4.74 Å². The third-order valence-electron chi connectivity index (χ3n) is 5.90. The number of nitrogens with zero attached hydrogens (tertiary/aromatic N) is 3. The zero-order chi connectivity index (χ0) is 21.8. The minimum Gasteiger partial charge on any atom is -0.474 e. The summed E-state index contributed by atoms with van der Waals surface area (Å²) in [6.45, 7) is 0. The Morgan fingerprint density at radius 3 is 2.61 bits per heavy atom. The van der Waals surface area contributed by atoms with E-state index in [1.54, 1.807) is 18.5 Å². The van der Waals surface area contributed by atoms with Crippen molar-refractivity contribution in [1.82, 2.24) is 14.5 Å². The first-order valence-corrected chi connectivity index (χ1v) is 9.87. The molecule has 158 valence electrons. The first kappa shape index (κ1) is 19.5. The van der Waals surface area contributed by atoms with Gasteiger partial charge in [0.15, 0.2) is 0 Å². The summed E-state index contributed by atoms with van der Waals surface area (Å²) < 4.78 is 48.6. The summed E-state index contributed by atoms with van der Waals surface area (Å²) >= 11 is 0. The van der Waals surface area contributed by atoms with Crippen molar-refractivity contribution in [2.75, 3.05) is 0 Å². The molecule has 1 aliphatic rings. The molecule has 1 fully saturated rings. The molecular weight excluding hydrogens is 407 g/mol. The first-order chi connectivity index (χ1) is 14.8. The Morgan fingerprint density at radius 2 is 1.87 bits per heavy atom. The van der Waals surface area contributed by atoms with Crippen molar-refractivity contribution in [3.05, 3.63) is 54.5 Å². The van der Waals surface area contributed by atoms with E-state index < -0.39 is 23.7 Å². The third-order valence-corrected chi connectivity index (χ3v) is 5.90. The zero-order valence-electron chi connectivity index (χ0n) is 16.6. The van der Waals surface area contributed by atoms with Gasteiger partial charge in [-0.15, -0.1) is 0 Å². The van der Waals surface area contributed by atoms with Crippen LogP contribution in [0.2, 0.25) is 0 Å². The van der Waals surface area contributed by atoms with E-state index in [1.807, 2.05) is 29.8 Å². The number of hydrogen-bond acceptors (Lipinski definition) is 4. The van der Waals surface area contributed by atoms with Gasteiger partial charge in [-0.25, -0.2) is 4.98 Å². The molecule has 0 radical (unpaired) electrons. The highest BCUT2D eigenvalue weighted by molar-refractivity contribution is 6.08. The molecule has 8 heteroatoms. The van der Waals surface area contributed by atoms with Crippen LogP contribution in [0.15, 0.2) is 48.9 Å². The van der Waals surface area contributed by atoms with Gasteiger partial charge in [-0.3, -0.25) is 4.98 Å². The number of ether oxygens (including phenoxy) is 1. The van der Waals surface area contributed by atoms with Crippen LogP contribution in [0.1, 0.15) is 18.4 Å². The molecule has 3 heterocycles. The molecule has 1 aliphatic carbocycles. The van der Waals surface area contributed by atoms with Crippen LogP contribution >= 0.6 is 0 Å². The Balaban J connectivity index is 1.55. The van der Waals surface area contributed by atoms with Crippen LogP contribution in [0.3, 0.4) is 0 Å². The van der Waals surface area contributed by atoms with Gasteiger partial charge in [0.2, 0.25) is 5.88 Å². The maximum atomic E-state index is 13.7. The number of alkyl halides is 3. The van der Waals surface area contributed by atoms with Gasteiger partial charge in [0.25, 0.3) is 0 Å². The van der Waals surface area contributed by atoms with E-state index in [0.29, 0.717) is 24.0 Å². The number of aldehydes is 1. The second-order valence-corrected chi connectivity index (χ2v) is 7.87. The van der Waals surface area contributed by atoms with Crippen molar-refractivity contribution in [2.24, 2.45) is 13.0 Å². The highest BCUT2D eigenvalue weighted by Gasteiger charge is 2.38. The largest absolute Gasteiger partial charge is 0.474 e. The SMILES string of the molecule is Cn1c2ccncc2c2ccc(-c3cnc(OC4CC(C=O)C4)c(C(F)(F)F)c3)cc21. The van der Waals surface area contributed by atoms with E-state index in [-0.39, 0.29) is 5.92 Å². The summed E-state index contributed by atoms with van der Waals surface area (Å²) in [7, 11) is 1.91. The lowest BCUT2D eigenvalue weighted by atomic mass is 9.83. The van der Waals surface area contributed by atoms with Gasteiger partial charge in [0, 0.05) is 53.4 Å². The highest BCUT2D eigenvalue weighted by atomic mass is 19.4. The second kappa shape index (κ2) is 7.08. The molecule has 5 rings (SSSR count). The molecule has 0 aliphatic heterocycles. The van der Waals surface area contributed by atoms with Gasteiger partial charge in [-0.1, -0.05) is 12.1 Å². The Morgan fingerprint density at radius 1 is 1.06 bits per heavy atom. The minimum absolute atomic E-state index is 0.152. The Hall–Kier alpha value is -3.42. The molecule has 4 aromatic rings.